The third kappa shape index (κ3) is 4.22. The van der Waals surface area contributed by atoms with Crippen LogP contribution >= 0.6 is 0 Å². The van der Waals surface area contributed by atoms with Crippen molar-refractivity contribution < 1.29 is 14.3 Å². The number of nitrogens with zero attached hydrogens (tertiary/aromatic N) is 2. The van der Waals surface area contributed by atoms with E-state index in [0.29, 0.717) is 37.0 Å². The summed E-state index contributed by atoms with van der Waals surface area (Å²) in [5, 5.41) is 0. The van der Waals surface area contributed by atoms with Crippen LogP contribution in [0.3, 0.4) is 0 Å². The minimum atomic E-state index is -0.702. The number of anilines is 2. The van der Waals surface area contributed by atoms with Crippen molar-refractivity contribution in [3.8, 4) is 11.5 Å². The van der Waals surface area contributed by atoms with Gasteiger partial charge in [0.25, 0.3) is 5.91 Å². The van der Waals surface area contributed by atoms with Gasteiger partial charge < -0.3 is 15.2 Å². The lowest BCUT2D eigenvalue weighted by molar-refractivity contribution is -0.126. The van der Waals surface area contributed by atoms with Crippen LogP contribution in [0.2, 0.25) is 0 Å². The second-order valence-corrected chi connectivity index (χ2v) is 7.16. The van der Waals surface area contributed by atoms with E-state index < -0.39 is 6.10 Å². The normalized spacial score (nSPS) is 15.4. The van der Waals surface area contributed by atoms with Gasteiger partial charge in [-0.25, -0.2) is 4.98 Å². The smallest absolute Gasteiger partial charge is 0.274 e. The predicted molar refractivity (Wildman–Crippen MR) is 117 cm³/mol. The van der Waals surface area contributed by atoms with Crippen molar-refractivity contribution in [3.63, 3.8) is 0 Å². The van der Waals surface area contributed by atoms with E-state index in [1.54, 1.807) is 17.0 Å². The number of hydrogen-bond acceptors (Lipinski definition) is 5. The van der Waals surface area contributed by atoms with E-state index in [4.69, 9.17) is 15.2 Å². The van der Waals surface area contributed by atoms with Crippen molar-refractivity contribution in [2.75, 3.05) is 23.8 Å². The fourth-order valence-electron chi connectivity index (χ4n) is 3.45. The maximum Gasteiger partial charge on any atom is 0.274 e. The molecule has 154 valence electrons. The summed E-state index contributed by atoms with van der Waals surface area (Å²) in [5.41, 5.74) is 7.94. The van der Waals surface area contributed by atoms with E-state index in [9.17, 15) is 4.79 Å². The highest BCUT2D eigenvalue weighted by atomic mass is 16.5. The van der Waals surface area contributed by atoms with Crippen LogP contribution in [0.25, 0.3) is 0 Å². The summed E-state index contributed by atoms with van der Waals surface area (Å²) < 4.78 is 11.8. The average molecular weight is 403 g/mol. The molecule has 2 N–H and O–H groups in total. The molecule has 0 aliphatic carbocycles. The molecule has 30 heavy (non-hydrogen) atoms. The summed E-state index contributed by atoms with van der Waals surface area (Å²) in [5.74, 6) is 2.03. The molecule has 1 aromatic heterocycles. The second kappa shape index (κ2) is 8.86. The standard InChI is InChI=1S/C24H25N3O3/c1-2-17-9-11-19(12-10-17)29-16-6-15-27-23-20(13-14-21(25)26-23)30-22(24(27)28)18-7-4-3-5-8-18/h3-5,7-14,22H,2,6,15-16H2,1H3,(H2,25,26). The SMILES string of the molecule is CCc1ccc(OCCCN2C(=O)C(c3ccccc3)Oc3ccc(N)nc32)cc1. The average Bonchev–Trinajstić information content (AvgIpc) is 2.78. The van der Waals surface area contributed by atoms with Crippen molar-refractivity contribution in [2.24, 2.45) is 0 Å². The van der Waals surface area contributed by atoms with Gasteiger partial charge in [0.05, 0.1) is 6.61 Å². The minimum Gasteiger partial charge on any atom is -0.494 e. The molecular weight excluding hydrogens is 378 g/mol. The van der Waals surface area contributed by atoms with Crippen LogP contribution in [0.15, 0.2) is 66.7 Å². The lowest BCUT2D eigenvalue weighted by atomic mass is 10.1. The molecule has 6 nitrogen and oxygen atoms in total. The zero-order valence-electron chi connectivity index (χ0n) is 17.0. The van der Waals surface area contributed by atoms with E-state index in [1.807, 2.05) is 42.5 Å². The predicted octanol–water partition coefficient (Wildman–Crippen LogP) is 4.16. The zero-order valence-corrected chi connectivity index (χ0v) is 17.0. The highest BCUT2D eigenvalue weighted by Crippen LogP contribution is 2.38. The van der Waals surface area contributed by atoms with E-state index in [0.717, 1.165) is 17.7 Å². The summed E-state index contributed by atoms with van der Waals surface area (Å²) in [7, 11) is 0. The molecule has 2 heterocycles. The van der Waals surface area contributed by atoms with Gasteiger partial charge in [0.15, 0.2) is 11.6 Å². The number of rotatable bonds is 7. The number of nitrogen functional groups attached to an aromatic ring is 1. The molecule has 3 aromatic rings. The first-order chi connectivity index (χ1) is 14.7. The number of pyridine rings is 1. The van der Waals surface area contributed by atoms with Gasteiger partial charge >= 0.3 is 0 Å². The number of ether oxygens (including phenoxy) is 2. The summed E-state index contributed by atoms with van der Waals surface area (Å²) in [6, 6.07) is 21.0. The Morgan fingerprint density at radius 1 is 1.07 bits per heavy atom. The number of nitrogens with two attached hydrogens (primary N) is 1. The van der Waals surface area contributed by atoms with Gasteiger partial charge in [0.1, 0.15) is 11.6 Å². The Labute approximate surface area is 176 Å². The number of carbonyl (C=O) groups excluding carboxylic acids is 1. The van der Waals surface area contributed by atoms with Crippen LogP contribution in [0.5, 0.6) is 11.5 Å². The number of amides is 1. The molecule has 0 bridgehead atoms. The molecule has 1 atom stereocenters. The summed E-state index contributed by atoms with van der Waals surface area (Å²) >= 11 is 0. The molecule has 1 unspecified atom stereocenters. The van der Waals surface area contributed by atoms with Gasteiger partial charge in [-0.05, 0) is 42.7 Å². The Hall–Kier alpha value is -3.54. The van der Waals surface area contributed by atoms with E-state index in [1.165, 1.54) is 5.56 Å². The van der Waals surface area contributed by atoms with Crippen LogP contribution in [0.1, 0.15) is 30.6 Å². The zero-order chi connectivity index (χ0) is 20.9. The van der Waals surface area contributed by atoms with Crippen LogP contribution in [-0.2, 0) is 11.2 Å². The molecule has 0 radical (unpaired) electrons. The maximum absolute atomic E-state index is 13.2. The molecule has 1 amide bonds. The van der Waals surface area contributed by atoms with Crippen LogP contribution in [0, 0.1) is 0 Å². The number of hydrogen-bond donors (Lipinski definition) is 1. The number of aromatic nitrogens is 1. The largest absolute Gasteiger partial charge is 0.494 e. The fourth-order valence-corrected chi connectivity index (χ4v) is 3.45. The Bertz CT molecular complexity index is 1010. The molecule has 1 aliphatic heterocycles. The first-order valence-electron chi connectivity index (χ1n) is 10.2. The summed E-state index contributed by atoms with van der Waals surface area (Å²) in [6.45, 7) is 3.07. The highest BCUT2D eigenvalue weighted by Gasteiger charge is 2.36. The van der Waals surface area contributed by atoms with E-state index >= 15 is 0 Å². The van der Waals surface area contributed by atoms with Crippen LogP contribution < -0.4 is 20.1 Å². The lowest BCUT2D eigenvalue weighted by Gasteiger charge is -2.33. The summed E-state index contributed by atoms with van der Waals surface area (Å²) in [4.78, 5) is 19.2. The maximum atomic E-state index is 13.2. The van der Waals surface area contributed by atoms with E-state index in [-0.39, 0.29) is 5.91 Å². The van der Waals surface area contributed by atoms with Gasteiger partial charge in [0.2, 0.25) is 6.10 Å². The van der Waals surface area contributed by atoms with Gasteiger partial charge in [-0.1, -0.05) is 49.4 Å². The number of benzene rings is 2. The van der Waals surface area contributed by atoms with Crippen molar-refractivity contribution in [1.29, 1.82) is 0 Å². The minimum absolute atomic E-state index is 0.154. The Morgan fingerprint density at radius 2 is 1.83 bits per heavy atom. The topological polar surface area (TPSA) is 77.7 Å². The third-order valence-corrected chi connectivity index (χ3v) is 5.08. The molecule has 0 spiro atoms. The van der Waals surface area contributed by atoms with Crippen molar-refractivity contribution in [2.45, 2.75) is 25.9 Å². The Morgan fingerprint density at radius 3 is 2.57 bits per heavy atom. The fraction of sp³-hybridized carbons (Fsp3) is 0.250. The van der Waals surface area contributed by atoms with Crippen LogP contribution in [-0.4, -0.2) is 24.0 Å². The molecule has 0 saturated carbocycles. The van der Waals surface area contributed by atoms with Crippen molar-refractivity contribution >= 4 is 17.5 Å². The Kier molecular flexibility index (Phi) is 5.84. The number of fused-ring (bicyclic) bond motifs is 1. The third-order valence-electron chi connectivity index (χ3n) is 5.08. The molecule has 0 saturated heterocycles. The first-order valence-corrected chi connectivity index (χ1v) is 10.2. The molecule has 0 fully saturated rings. The quantitative estimate of drug-likeness (QED) is 0.599. The van der Waals surface area contributed by atoms with Crippen LogP contribution in [0.4, 0.5) is 11.6 Å². The van der Waals surface area contributed by atoms with Crippen molar-refractivity contribution in [1.82, 2.24) is 4.98 Å². The Balaban J connectivity index is 1.47. The van der Waals surface area contributed by atoms with Gasteiger partial charge in [-0.3, -0.25) is 9.69 Å². The molecular formula is C24H25N3O3. The second-order valence-electron chi connectivity index (χ2n) is 7.16. The monoisotopic (exact) mass is 403 g/mol. The van der Waals surface area contributed by atoms with Gasteiger partial charge in [-0.15, -0.1) is 0 Å². The van der Waals surface area contributed by atoms with Gasteiger partial charge in [-0.2, -0.15) is 0 Å². The van der Waals surface area contributed by atoms with Gasteiger partial charge in [0, 0.05) is 12.1 Å². The highest BCUT2D eigenvalue weighted by molar-refractivity contribution is 5.99. The molecule has 1 aliphatic rings. The molecule has 2 aromatic carbocycles. The van der Waals surface area contributed by atoms with Crippen molar-refractivity contribution in [3.05, 3.63) is 77.9 Å². The summed E-state index contributed by atoms with van der Waals surface area (Å²) in [6.07, 6.45) is 0.947. The first kappa shape index (κ1) is 19.8. The number of carbonyl (C=O) groups is 1. The van der Waals surface area contributed by atoms with E-state index in [2.05, 4.69) is 24.0 Å². The number of aryl methyl sites for hydroxylation is 1. The molecule has 4 rings (SSSR count). The molecule has 6 heteroatoms. The lowest BCUT2D eigenvalue weighted by Crippen LogP contribution is -2.42.